The smallest absolute Gasteiger partial charge is 0.165 e. The molecule has 130 valence electrons. The fourth-order valence-corrected chi connectivity index (χ4v) is 6.16. The number of ether oxygens (including phenoxy) is 1. The first-order valence-corrected chi connectivity index (χ1v) is 9.69. The summed E-state index contributed by atoms with van der Waals surface area (Å²) in [7, 11) is 0. The molecule has 0 amide bonds. The first-order valence-electron chi connectivity index (χ1n) is 9.69. The highest BCUT2D eigenvalue weighted by atomic mass is 19.1. The fourth-order valence-electron chi connectivity index (χ4n) is 6.16. The van der Waals surface area contributed by atoms with E-state index in [-0.39, 0.29) is 5.82 Å². The first-order chi connectivity index (χ1) is 11.6. The number of rotatable bonds is 2. The van der Waals surface area contributed by atoms with Crippen LogP contribution in [0.25, 0.3) is 0 Å². The Morgan fingerprint density at radius 1 is 1.25 bits per heavy atom. The van der Waals surface area contributed by atoms with E-state index in [0.717, 1.165) is 18.3 Å². The molecule has 0 aliphatic heterocycles. The Morgan fingerprint density at radius 3 is 2.83 bits per heavy atom. The summed E-state index contributed by atoms with van der Waals surface area (Å²) in [6.07, 6.45) is 9.76. The van der Waals surface area contributed by atoms with Gasteiger partial charge in [-0.25, -0.2) is 4.39 Å². The van der Waals surface area contributed by atoms with E-state index in [9.17, 15) is 4.39 Å². The van der Waals surface area contributed by atoms with Gasteiger partial charge in [-0.3, -0.25) is 0 Å². The maximum atomic E-state index is 14.2. The molecule has 4 unspecified atom stereocenters. The van der Waals surface area contributed by atoms with Crippen molar-refractivity contribution in [2.45, 2.75) is 65.2 Å². The van der Waals surface area contributed by atoms with Gasteiger partial charge in [-0.1, -0.05) is 18.6 Å². The summed E-state index contributed by atoms with van der Waals surface area (Å²) < 4.78 is 19.8. The van der Waals surface area contributed by atoms with Crippen LogP contribution in [0.2, 0.25) is 0 Å². The number of benzene rings is 1. The summed E-state index contributed by atoms with van der Waals surface area (Å²) in [6.45, 7) is 7.16. The van der Waals surface area contributed by atoms with Gasteiger partial charge in [0.1, 0.15) is 0 Å². The third kappa shape index (κ3) is 2.25. The second kappa shape index (κ2) is 5.89. The van der Waals surface area contributed by atoms with Crippen LogP contribution in [0.4, 0.5) is 4.39 Å². The summed E-state index contributed by atoms with van der Waals surface area (Å²) in [4.78, 5) is 0. The molecular formula is C22H29FO. The summed E-state index contributed by atoms with van der Waals surface area (Å²) in [5, 5.41) is 0. The molecule has 3 aliphatic rings. The molecule has 0 saturated heterocycles. The summed E-state index contributed by atoms with van der Waals surface area (Å²) in [6, 6.07) is 3.77. The molecule has 0 N–H and O–H groups in total. The zero-order valence-corrected chi connectivity index (χ0v) is 15.2. The molecule has 1 aromatic carbocycles. The Morgan fingerprint density at radius 2 is 2.08 bits per heavy atom. The van der Waals surface area contributed by atoms with Crippen molar-refractivity contribution in [2.24, 2.45) is 17.3 Å². The second-order valence-corrected chi connectivity index (χ2v) is 8.14. The molecule has 0 bridgehead atoms. The molecule has 2 saturated carbocycles. The fraction of sp³-hybridized carbons (Fsp3) is 0.636. The second-order valence-electron chi connectivity index (χ2n) is 8.14. The van der Waals surface area contributed by atoms with Crippen LogP contribution in [0.1, 0.15) is 69.9 Å². The van der Waals surface area contributed by atoms with E-state index in [2.05, 4.69) is 19.9 Å². The van der Waals surface area contributed by atoms with Crippen LogP contribution in [0.5, 0.6) is 5.75 Å². The normalized spacial score (nSPS) is 36.2. The SMILES string of the molecule is C/C=C1/CCC2C3CCc4cc(F)c(OCC)cc4C3CCC12C. The average molecular weight is 328 g/mol. The minimum Gasteiger partial charge on any atom is -0.491 e. The van der Waals surface area contributed by atoms with Crippen molar-refractivity contribution in [3.63, 3.8) is 0 Å². The minimum absolute atomic E-state index is 0.188. The standard InChI is InChI=1S/C22H29FO/c1-4-15-7-9-19-17-8-6-14-12-20(23)21(24-5-2)13-18(14)16(17)10-11-22(15,19)3/h4,12-13,16-17,19H,5-11H2,1-3H3/b15-4-. The molecule has 24 heavy (non-hydrogen) atoms. The van der Waals surface area contributed by atoms with Gasteiger partial charge in [-0.05, 0) is 98.8 Å². The quantitative estimate of drug-likeness (QED) is 0.603. The molecule has 0 aromatic heterocycles. The molecule has 3 aliphatic carbocycles. The average Bonchev–Trinajstić information content (AvgIpc) is 2.92. The molecular weight excluding hydrogens is 299 g/mol. The van der Waals surface area contributed by atoms with E-state index < -0.39 is 0 Å². The van der Waals surface area contributed by atoms with E-state index in [4.69, 9.17) is 4.74 Å². The van der Waals surface area contributed by atoms with Gasteiger partial charge in [0.15, 0.2) is 11.6 Å². The number of hydrogen-bond donors (Lipinski definition) is 0. The molecule has 0 radical (unpaired) electrons. The van der Waals surface area contributed by atoms with Gasteiger partial charge in [0, 0.05) is 0 Å². The number of aryl methyl sites for hydroxylation is 1. The lowest BCUT2D eigenvalue weighted by Crippen LogP contribution is -2.40. The van der Waals surface area contributed by atoms with Gasteiger partial charge in [0.25, 0.3) is 0 Å². The third-order valence-electron chi connectivity index (χ3n) is 7.27. The van der Waals surface area contributed by atoms with Gasteiger partial charge < -0.3 is 4.74 Å². The zero-order chi connectivity index (χ0) is 16.9. The maximum Gasteiger partial charge on any atom is 0.165 e. The molecule has 4 atom stereocenters. The van der Waals surface area contributed by atoms with Gasteiger partial charge in [-0.2, -0.15) is 0 Å². The maximum absolute atomic E-state index is 14.2. The van der Waals surface area contributed by atoms with Crippen molar-refractivity contribution in [2.75, 3.05) is 6.61 Å². The Bertz CT molecular complexity index is 677. The van der Waals surface area contributed by atoms with Crippen molar-refractivity contribution in [1.82, 2.24) is 0 Å². The van der Waals surface area contributed by atoms with Crippen LogP contribution < -0.4 is 4.74 Å². The largest absolute Gasteiger partial charge is 0.491 e. The highest BCUT2D eigenvalue weighted by Crippen LogP contribution is 2.62. The van der Waals surface area contributed by atoms with Crippen LogP contribution in [0.3, 0.4) is 0 Å². The first kappa shape index (κ1) is 16.2. The van der Waals surface area contributed by atoms with Crippen LogP contribution in [0.15, 0.2) is 23.8 Å². The Labute approximate surface area is 145 Å². The lowest BCUT2D eigenvalue weighted by Gasteiger charge is -2.49. The number of halogens is 1. The Hall–Kier alpha value is -1.31. The van der Waals surface area contributed by atoms with Gasteiger partial charge in [0.05, 0.1) is 6.61 Å². The van der Waals surface area contributed by atoms with E-state index in [1.165, 1.54) is 43.2 Å². The van der Waals surface area contributed by atoms with Crippen LogP contribution in [0, 0.1) is 23.1 Å². The molecule has 2 fully saturated rings. The van der Waals surface area contributed by atoms with Crippen molar-refractivity contribution in [3.8, 4) is 5.75 Å². The van der Waals surface area contributed by atoms with Gasteiger partial charge in [0.2, 0.25) is 0 Å². The molecule has 0 spiro atoms. The van der Waals surface area contributed by atoms with Crippen molar-refractivity contribution in [1.29, 1.82) is 0 Å². The van der Waals surface area contributed by atoms with Crippen LogP contribution >= 0.6 is 0 Å². The Kier molecular flexibility index (Phi) is 3.97. The van der Waals surface area contributed by atoms with E-state index in [1.54, 1.807) is 11.6 Å². The number of hydrogen-bond acceptors (Lipinski definition) is 1. The monoisotopic (exact) mass is 328 g/mol. The number of allylic oxidation sites excluding steroid dienone is 2. The van der Waals surface area contributed by atoms with Gasteiger partial charge >= 0.3 is 0 Å². The lowest BCUT2D eigenvalue weighted by molar-refractivity contribution is 0.0811. The van der Waals surface area contributed by atoms with Gasteiger partial charge in [-0.15, -0.1) is 0 Å². The van der Waals surface area contributed by atoms with E-state index in [1.807, 2.05) is 13.0 Å². The molecule has 1 nitrogen and oxygen atoms in total. The summed E-state index contributed by atoms with van der Waals surface area (Å²) in [5.74, 6) is 2.42. The summed E-state index contributed by atoms with van der Waals surface area (Å²) in [5.41, 5.74) is 4.71. The Balaban J connectivity index is 1.70. The molecule has 1 aromatic rings. The lowest BCUT2D eigenvalue weighted by atomic mass is 9.55. The van der Waals surface area contributed by atoms with Crippen molar-refractivity contribution >= 4 is 0 Å². The third-order valence-corrected chi connectivity index (χ3v) is 7.27. The predicted octanol–water partition coefficient (Wildman–Crippen LogP) is 6.03. The topological polar surface area (TPSA) is 9.23 Å². The summed E-state index contributed by atoms with van der Waals surface area (Å²) >= 11 is 0. The molecule has 2 heteroatoms. The van der Waals surface area contributed by atoms with E-state index >= 15 is 0 Å². The van der Waals surface area contributed by atoms with E-state index in [0.29, 0.717) is 23.7 Å². The van der Waals surface area contributed by atoms with Crippen LogP contribution in [-0.2, 0) is 6.42 Å². The highest BCUT2D eigenvalue weighted by Gasteiger charge is 2.52. The van der Waals surface area contributed by atoms with Crippen LogP contribution in [-0.4, -0.2) is 6.61 Å². The van der Waals surface area contributed by atoms with Crippen molar-refractivity contribution in [3.05, 3.63) is 40.7 Å². The highest BCUT2D eigenvalue weighted by molar-refractivity contribution is 5.42. The predicted molar refractivity (Wildman–Crippen MR) is 95.9 cm³/mol. The number of fused-ring (bicyclic) bond motifs is 5. The van der Waals surface area contributed by atoms with Crippen molar-refractivity contribution < 1.29 is 9.13 Å². The molecule has 0 heterocycles. The minimum atomic E-state index is -0.188. The molecule has 4 rings (SSSR count). The zero-order valence-electron chi connectivity index (χ0n) is 15.2.